The zero-order valence-corrected chi connectivity index (χ0v) is 23.7. The maximum absolute atomic E-state index is 9.95. The van der Waals surface area contributed by atoms with E-state index in [1.165, 1.54) is 0 Å². The molecule has 9 rings (SSSR count). The summed E-state index contributed by atoms with van der Waals surface area (Å²) in [6, 6.07) is 27.7. The first-order valence-electron chi connectivity index (χ1n) is 20.0. The van der Waals surface area contributed by atoms with Crippen molar-refractivity contribution in [2.24, 2.45) is 0 Å². The maximum atomic E-state index is 9.95. The number of hydrogen-bond donors (Lipinski definition) is 0. The zero-order valence-electron chi connectivity index (χ0n) is 34.7. The largest absolute Gasteiger partial charge is 0.456 e. The molecule has 0 saturated carbocycles. The van der Waals surface area contributed by atoms with Crippen LogP contribution >= 0.6 is 0 Å². The number of benzene rings is 8. The molecule has 0 bridgehead atoms. The van der Waals surface area contributed by atoms with Gasteiger partial charge in [-0.1, -0.05) is 151 Å². The Morgan fingerprint density at radius 1 is 0.378 bits per heavy atom. The summed E-state index contributed by atoms with van der Waals surface area (Å²) in [5, 5.41) is 2.75. The van der Waals surface area contributed by atoms with E-state index in [4.69, 9.17) is 16.8 Å². The quantitative estimate of drug-likeness (QED) is 0.188. The lowest BCUT2D eigenvalue weighted by molar-refractivity contribution is 0.669. The Labute approximate surface area is 277 Å². The highest BCUT2D eigenvalue weighted by Gasteiger charge is 2.20. The van der Waals surface area contributed by atoms with Crippen molar-refractivity contribution in [1.82, 2.24) is 0 Å². The van der Waals surface area contributed by atoms with Crippen molar-refractivity contribution in [3.8, 4) is 44.5 Å². The Morgan fingerprint density at radius 2 is 0.911 bits per heavy atom. The average Bonchev–Trinajstić information content (AvgIpc) is 3.63. The average molecular weight is 584 g/mol. The van der Waals surface area contributed by atoms with E-state index < -0.39 is 54.4 Å². The van der Waals surface area contributed by atoms with Gasteiger partial charge in [-0.25, -0.2) is 0 Å². The third-order valence-electron chi connectivity index (χ3n) is 8.28. The molecule has 0 unspecified atom stereocenters. The van der Waals surface area contributed by atoms with Crippen molar-refractivity contribution in [3.63, 3.8) is 0 Å². The highest BCUT2D eigenvalue weighted by Crippen LogP contribution is 2.46. The Hall–Kier alpha value is -5.92. The van der Waals surface area contributed by atoms with Gasteiger partial charge in [-0.05, 0) is 84.2 Å². The predicted molar refractivity (Wildman–Crippen MR) is 190 cm³/mol. The third kappa shape index (κ3) is 4.17. The molecule has 0 atom stereocenters. The number of fused-ring (bicyclic) bond motifs is 5. The summed E-state index contributed by atoms with van der Waals surface area (Å²) < 4.78 is 104. The van der Waals surface area contributed by atoms with Crippen LogP contribution in [0.2, 0.25) is 0 Å². The van der Waals surface area contributed by atoms with Gasteiger partial charge in [-0.2, -0.15) is 0 Å². The van der Waals surface area contributed by atoms with Gasteiger partial charge in [0.2, 0.25) is 0 Å². The molecule has 8 aromatic carbocycles. The van der Waals surface area contributed by atoms with Gasteiger partial charge in [0.25, 0.3) is 0 Å². The minimum absolute atomic E-state index is 0.0481. The van der Waals surface area contributed by atoms with Crippen LogP contribution in [0, 0.1) is 0 Å². The fourth-order valence-electron chi connectivity index (χ4n) is 6.34. The monoisotopic (exact) mass is 583 g/mol. The Kier molecular flexibility index (Phi) is 3.87. The van der Waals surface area contributed by atoms with Gasteiger partial charge in [0, 0.05) is 10.8 Å². The van der Waals surface area contributed by atoms with Crippen LogP contribution in [0.3, 0.4) is 0 Å². The van der Waals surface area contributed by atoms with E-state index in [0.29, 0.717) is 16.3 Å². The lowest BCUT2D eigenvalue weighted by Crippen LogP contribution is -1.92. The Balaban J connectivity index is 1.46. The summed E-state index contributed by atoms with van der Waals surface area (Å²) in [6.07, 6.45) is 0. The molecule has 0 aliphatic heterocycles. The van der Waals surface area contributed by atoms with Crippen LogP contribution in [0.1, 0.15) is 15.1 Å². The summed E-state index contributed by atoms with van der Waals surface area (Å²) >= 11 is 0. The van der Waals surface area contributed by atoms with Crippen LogP contribution in [0.5, 0.6) is 0 Å². The minimum atomic E-state index is -0.640. The van der Waals surface area contributed by atoms with Crippen LogP contribution < -0.4 is 0 Å². The smallest absolute Gasteiger partial charge is 0.136 e. The molecular formula is C44H28O. The zero-order chi connectivity index (χ0) is 39.3. The first-order chi connectivity index (χ1) is 26.9. The van der Waals surface area contributed by atoms with Crippen LogP contribution in [-0.2, 0) is 0 Å². The topological polar surface area (TPSA) is 13.1 Å². The van der Waals surface area contributed by atoms with E-state index in [-0.39, 0.29) is 50.7 Å². The highest BCUT2D eigenvalue weighted by atomic mass is 16.3. The second-order valence-electron chi connectivity index (χ2n) is 10.8. The second kappa shape index (κ2) is 10.4. The van der Waals surface area contributed by atoms with Gasteiger partial charge in [-0.15, -0.1) is 0 Å². The normalized spacial score (nSPS) is 15.0. The molecule has 0 saturated heterocycles. The third-order valence-corrected chi connectivity index (χ3v) is 8.28. The maximum Gasteiger partial charge on any atom is 0.136 e. The summed E-state index contributed by atoms with van der Waals surface area (Å²) in [5.41, 5.74) is 3.53. The molecule has 45 heavy (non-hydrogen) atoms. The van der Waals surface area contributed by atoms with Gasteiger partial charge >= 0.3 is 0 Å². The molecule has 0 aliphatic rings. The molecule has 210 valence electrons. The van der Waals surface area contributed by atoms with E-state index in [1.807, 2.05) is 66.7 Å². The van der Waals surface area contributed by atoms with E-state index in [1.54, 1.807) is 0 Å². The predicted octanol–water partition coefficient (Wildman–Crippen LogP) is 12.6. The fraction of sp³-hybridized carbons (Fsp3) is 0. The van der Waals surface area contributed by atoms with Gasteiger partial charge in [0.05, 0.1) is 15.1 Å². The van der Waals surface area contributed by atoms with Crippen molar-refractivity contribution < 1.29 is 19.5 Å². The molecule has 1 aromatic heterocycles. The second-order valence-corrected chi connectivity index (χ2v) is 10.8. The summed E-state index contributed by atoms with van der Waals surface area (Å²) in [4.78, 5) is 0. The van der Waals surface area contributed by atoms with E-state index in [2.05, 4.69) is 36.4 Å². The molecule has 1 nitrogen and oxygen atoms in total. The number of hydrogen-bond acceptors (Lipinski definition) is 1. The first kappa shape index (κ1) is 16.8. The molecular weight excluding hydrogens is 544 g/mol. The molecule has 0 N–H and O–H groups in total. The summed E-state index contributed by atoms with van der Waals surface area (Å²) in [6.45, 7) is 0. The van der Waals surface area contributed by atoms with Crippen LogP contribution in [0.25, 0.3) is 88.0 Å². The standard InChI is InChI=1S/C44H28O/c1-3-13-29(14-4-1)30-23-25-32(26-24-30)42-34-17-7-9-19-36(34)43(37-20-10-8-18-35(37)42)33-27-39(31-15-5-2-6-16-31)44-38-21-11-12-22-40(38)45-41(44)28-33/h1-28H/i2D,5D,6D,11D,12D,15D,16D,21D,22D,27D,28D. The summed E-state index contributed by atoms with van der Waals surface area (Å²) in [7, 11) is 0. The SMILES string of the molecule is [2H]c1c([2H])c([2H])c(-c2c([2H])c(-c3c4ccccc4c(-c4ccc(-c5ccccc5)cc4)c4ccccc34)c([2H])c3oc4c([2H])c([2H])c([2H])c([2H])c4c23)c([2H])c1[2H]. The van der Waals surface area contributed by atoms with Crippen molar-refractivity contribution in [2.45, 2.75) is 0 Å². The lowest BCUT2D eigenvalue weighted by atomic mass is 9.84. The van der Waals surface area contributed by atoms with Crippen LogP contribution in [-0.4, -0.2) is 0 Å². The molecule has 0 spiro atoms. The fourth-order valence-corrected chi connectivity index (χ4v) is 6.34. The Bertz CT molecular complexity index is 3050. The van der Waals surface area contributed by atoms with E-state index in [0.717, 1.165) is 33.0 Å². The van der Waals surface area contributed by atoms with Gasteiger partial charge in [-0.3, -0.25) is 0 Å². The van der Waals surface area contributed by atoms with Crippen molar-refractivity contribution in [2.75, 3.05) is 0 Å². The van der Waals surface area contributed by atoms with Crippen LogP contribution in [0.15, 0.2) is 174 Å². The molecule has 0 radical (unpaired) electrons. The number of furan rings is 1. The van der Waals surface area contributed by atoms with Gasteiger partial charge in [0.1, 0.15) is 11.2 Å². The van der Waals surface area contributed by atoms with Gasteiger partial charge in [0.15, 0.2) is 0 Å². The highest BCUT2D eigenvalue weighted by molar-refractivity contribution is 6.23. The van der Waals surface area contributed by atoms with Crippen LogP contribution in [0.4, 0.5) is 0 Å². The van der Waals surface area contributed by atoms with E-state index in [9.17, 15) is 2.74 Å². The lowest BCUT2D eigenvalue weighted by Gasteiger charge is -2.18. The van der Waals surface area contributed by atoms with Gasteiger partial charge < -0.3 is 4.42 Å². The molecule has 1 heteroatoms. The summed E-state index contributed by atoms with van der Waals surface area (Å²) in [5.74, 6) is 0. The molecule has 0 amide bonds. The molecule has 0 fully saturated rings. The van der Waals surface area contributed by atoms with Crippen molar-refractivity contribution in [1.29, 1.82) is 0 Å². The minimum Gasteiger partial charge on any atom is -0.456 e. The Morgan fingerprint density at radius 3 is 1.58 bits per heavy atom. The molecule has 0 aliphatic carbocycles. The van der Waals surface area contributed by atoms with Crippen molar-refractivity contribution in [3.05, 3.63) is 170 Å². The van der Waals surface area contributed by atoms with E-state index >= 15 is 0 Å². The first-order valence-corrected chi connectivity index (χ1v) is 14.5. The molecule has 9 aromatic rings. The number of para-hydroxylation sites is 1. The van der Waals surface area contributed by atoms with Crippen molar-refractivity contribution >= 4 is 43.5 Å². The molecule has 1 heterocycles. The number of rotatable bonds is 4.